The fourth-order valence-electron chi connectivity index (χ4n) is 2.43. The summed E-state index contributed by atoms with van der Waals surface area (Å²) in [7, 11) is 3.18. The number of amides is 1. The zero-order chi connectivity index (χ0) is 19.1. The number of anilines is 1. The maximum Gasteiger partial charge on any atom is 0.270 e. The third kappa shape index (κ3) is 4.75. The highest BCUT2D eigenvalue weighted by Gasteiger charge is 2.10. The molecule has 0 bridgehead atoms. The van der Waals surface area contributed by atoms with E-state index in [0.717, 1.165) is 5.56 Å². The van der Waals surface area contributed by atoms with Crippen LogP contribution in [0.3, 0.4) is 0 Å². The first-order chi connectivity index (χ1) is 13.2. The third-order valence-electron chi connectivity index (χ3n) is 3.82. The molecule has 0 atom stereocenters. The second kappa shape index (κ2) is 8.70. The smallest absolute Gasteiger partial charge is 0.270 e. The fourth-order valence-corrected chi connectivity index (χ4v) is 2.43. The zero-order valence-electron chi connectivity index (χ0n) is 15.1. The van der Waals surface area contributed by atoms with Crippen molar-refractivity contribution in [1.82, 2.24) is 15.3 Å². The summed E-state index contributed by atoms with van der Waals surface area (Å²) < 4.78 is 15.7. The molecule has 140 valence electrons. The van der Waals surface area contributed by atoms with Crippen molar-refractivity contribution in [3.05, 3.63) is 66.0 Å². The average molecular weight is 368 g/mol. The molecule has 0 fully saturated rings. The maximum absolute atomic E-state index is 12.2. The maximum atomic E-state index is 12.2. The number of benzene rings is 1. The van der Waals surface area contributed by atoms with Crippen LogP contribution in [0.15, 0.2) is 53.4 Å². The van der Waals surface area contributed by atoms with E-state index in [-0.39, 0.29) is 11.6 Å². The molecule has 3 rings (SSSR count). The van der Waals surface area contributed by atoms with Gasteiger partial charge in [-0.2, -0.15) is 0 Å². The monoisotopic (exact) mass is 368 g/mol. The molecule has 0 saturated heterocycles. The number of aromatic nitrogens is 2. The van der Waals surface area contributed by atoms with Crippen molar-refractivity contribution in [1.29, 1.82) is 0 Å². The summed E-state index contributed by atoms with van der Waals surface area (Å²) in [6, 6.07) is 10.8. The molecule has 0 saturated carbocycles. The molecule has 3 aromatic rings. The molecule has 27 heavy (non-hydrogen) atoms. The average Bonchev–Trinajstić information content (AvgIpc) is 3.24. The number of furan rings is 1. The molecule has 2 N–H and O–H groups in total. The Morgan fingerprint density at radius 3 is 2.67 bits per heavy atom. The van der Waals surface area contributed by atoms with Gasteiger partial charge in [0.15, 0.2) is 11.5 Å². The lowest BCUT2D eigenvalue weighted by Gasteiger charge is -2.11. The van der Waals surface area contributed by atoms with Crippen molar-refractivity contribution in [3.8, 4) is 11.5 Å². The topological polar surface area (TPSA) is 98.5 Å². The highest BCUT2D eigenvalue weighted by Crippen LogP contribution is 2.27. The van der Waals surface area contributed by atoms with E-state index in [0.29, 0.717) is 36.2 Å². The van der Waals surface area contributed by atoms with Gasteiger partial charge in [-0.05, 0) is 29.8 Å². The van der Waals surface area contributed by atoms with Crippen LogP contribution in [0, 0.1) is 0 Å². The number of ether oxygens (including phenoxy) is 2. The van der Waals surface area contributed by atoms with Crippen LogP contribution < -0.4 is 20.1 Å². The van der Waals surface area contributed by atoms with E-state index in [4.69, 9.17) is 13.9 Å². The SMILES string of the molecule is COc1ccc(CNc2cc(C(=O)NCc3ccco3)ncn2)cc1OC. The van der Waals surface area contributed by atoms with Crippen LogP contribution in [0.2, 0.25) is 0 Å². The van der Waals surface area contributed by atoms with E-state index in [2.05, 4.69) is 20.6 Å². The lowest BCUT2D eigenvalue weighted by atomic mass is 10.2. The van der Waals surface area contributed by atoms with Gasteiger partial charge in [0.25, 0.3) is 5.91 Å². The summed E-state index contributed by atoms with van der Waals surface area (Å²) in [4.78, 5) is 20.4. The molecule has 1 amide bonds. The number of rotatable bonds is 8. The standard InChI is InChI=1S/C19H20N4O4/c1-25-16-6-5-13(8-17(16)26-2)10-20-18-9-15(22-12-23-18)19(24)21-11-14-4-3-7-27-14/h3-9,12H,10-11H2,1-2H3,(H,21,24)(H,20,22,23). The first kappa shape index (κ1) is 18.2. The summed E-state index contributed by atoms with van der Waals surface area (Å²) in [5, 5.41) is 5.92. The first-order valence-electron chi connectivity index (χ1n) is 8.27. The minimum atomic E-state index is -0.303. The second-order valence-electron chi connectivity index (χ2n) is 5.59. The number of hydrogen-bond acceptors (Lipinski definition) is 7. The summed E-state index contributed by atoms with van der Waals surface area (Å²) in [5.41, 5.74) is 1.25. The van der Waals surface area contributed by atoms with Gasteiger partial charge in [0.2, 0.25) is 0 Å². The van der Waals surface area contributed by atoms with E-state index in [1.54, 1.807) is 38.7 Å². The summed E-state index contributed by atoms with van der Waals surface area (Å²) in [5.74, 6) is 2.23. The predicted octanol–water partition coefficient (Wildman–Crippen LogP) is 2.63. The summed E-state index contributed by atoms with van der Waals surface area (Å²) in [6.45, 7) is 0.801. The number of hydrogen-bond donors (Lipinski definition) is 2. The molecule has 1 aromatic carbocycles. The molecule has 8 nitrogen and oxygen atoms in total. The van der Waals surface area contributed by atoms with Gasteiger partial charge in [-0.1, -0.05) is 6.07 Å². The molecule has 2 aromatic heterocycles. The molecular weight excluding hydrogens is 348 g/mol. The first-order valence-corrected chi connectivity index (χ1v) is 8.27. The Hall–Kier alpha value is -3.55. The van der Waals surface area contributed by atoms with Gasteiger partial charge in [-0.3, -0.25) is 4.79 Å². The van der Waals surface area contributed by atoms with Gasteiger partial charge in [-0.25, -0.2) is 9.97 Å². The van der Waals surface area contributed by atoms with Gasteiger partial charge >= 0.3 is 0 Å². The number of methoxy groups -OCH3 is 2. The van der Waals surface area contributed by atoms with Gasteiger partial charge in [0, 0.05) is 12.6 Å². The van der Waals surface area contributed by atoms with Crippen LogP contribution in [0.25, 0.3) is 0 Å². The highest BCUT2D eigenvalue weighted by atomic mass is 16.5. The third-order valence-corrected chi connectivity index (χ3v) is 3.82. The van der Waals surface area contributed by atoms with Crippen LogP contribution in [0.5, 0.6) is 11.5 Å². The molecule has 0 aliphatic rings. The van der Waals surface area contributed by atoms with Crippen LogP contribution >= 0.6 is 0 Å². The van der Waals surface area contributed by atoms with Crippen LogP contribution in [-0.4, -0.2) is 30.1 Å². The number of carbonyl (C=O) groups excluding carboxylic acids is 1. The van der Waals surface area contributed by atoms with Crippen molar-refractivity contribution in [2.45, 2.75) is 13.1 Å². The van der Waals surface area contributed by atoms with Crippen LogP contribution in [0.4, 0.5) is 5.82 Å². The van der Waals surface area contributed by atoms with E-state index in [1.165, 1.54) is 6.33 Å². The summed E-state index contributed by atoms with van der Waals surface area (Å²) in [6.07, 6.45) is 2.90. The highest BCUT2D eigenvalue weighted by molar-refractivity contribution is 5.92. The van der Waals surface area contributed by atoms with Crippen molar-refractivity contribution < 1.29 is 18.7 Å². The largest absolute Gasteiger partial charge is 0.493 e. The Labute approximate surface area is 156 Å². The van der Waals surface area contributed by atoms with Crippen molar-refractivity contribution >= 4 is 11.7 Å². The van der Waals surface area contributed by atoms with E-state index >= 15 is 0 Å². The Balaban J connectivity index is 1.61. The Kier molecular flexibility index (Phi) is 5.88. The van der Waals surface area contributed by atoms with Crippen molar-refractivity contribution in [2.75, 3.05) is 19.5 Å². The van der Waals surface area contributed by atoms with Crippen molar-refractivity contribution in [2.24, 2.45) is 0 Å². The molecule has 2 heterocycles. The lowest BCUT2D eigenvalue weighted by molar-refractivity contribution is 0.0943. The quantitative estimate of drug-likeness (QED) is 0.630. The molecule has 8 heteroatoms. The van der Waals surface area contributed by atoms with Crippen molar-refractivity contribution in [3.63, 3.8) is 0 Å². The second-order valence-corrected chi connectivity index (χ2v) is 5.59. The minimum Gasteiger partial charge on any atom is -0.493 e. The molecule has 0 unspecified atom stereocenters. The van der Waals surface area contributed by atoms with E-state index in [1.807, 2.05) is 18.2 Å². The lowest BCUT2D eigenvalue weighted by Crippen LogP contribution is -2.23. The van der Waals surface area contributed by atoms with Crippen LogP contribution in [0.1, 0.15) is 21.8 Å². The molecule has 0 aliphatic carbocycles. The molecule has 0 spiro atoms. The number of carbonyl (C=O) groups is 1. The van der Waals surface area contributed by atoms with Crippen LogP contribution in [-0.2, 0) is 13.1 Å². The number of nitrogens with one attached hydrogen (secondary N) is 2. The number of nitrogens with zero attached hydrogens (tertiary/aromatic N) is 2. The normalized spacial score (nSPS) is 10.3. The van der Waals surface area contributed by atoms with Gasteiger partial charge in [0.1, 0.15) is 23.6 Å². The zero-order valence-corrected chi connectivity index (χ0v) is 15.1. The molecule has 0 radical (unpaired) electrons. The van der Waals surface area contributed by atoms with Gasteiger partial charge in [-0.15, -0.1) is 0 Å². The van der Waals surface area contributed by atoms with E-state index in [9.17, 15) is 4.79 Å². The van der Waals surface area contributed by atoms with Gasteiger partial charge < -0.3 is 24.5 Å². The summed E-state index contributed by atoms with van der Waals surface area (Å²) >= 11 is 0. The Bertz CT molecular complexity index is 896. The van der Waals surface area contributed by atoms with Gasteiger partial charge in [0.05, 0.1) is 27.0 Å². The predicted molar refractivity (Wildman–Crippen MR) is 98.8 cm³/mol. The fraction of sp³-hybridized carbons (Fsp3) is 0.211. The Morgan fingerprint density at radius 1 is 1.07 bits per heavy atom. The Morgan fingerprint density at radius 2 is 1.93 bits per heavy atom. The molecule has 0 aliphatic heterocycles. The molecular formula is C19H20N4O4. The van der Waals surface area contributed by atoms with E-state index < -0.39 is 0 Å². The minimum absolute atomic E-state index is 0.270.